The lowest BCUT2D eigenvalue weighted by Crippen LogP contribution is -2.38. The molecule has 1 aliphatic heterocycles. The predicted molar refractivity (Wildman–Crippen MR) is 127 cm³/mol. The number of para-hydroxylation sites is 2. The molecule has 0 aromatic heterocycles. The Balaban J connectivity index is 0.00000240. The summed E-state index contributed by atoms with van der Waals surface area (Å²) in [6.45, 7) is 1.37. The summed E-state index contributed by atoms with van der Waals surface area (Å²) < 4.78 is 11.4. The summed E-state index contributed by atoms with van der Waals surface area (Å²) in [5.74, 6) is 2.38. The van der Waals surface area contributed by atoms with E-state index < -0.39 is 0 Å². The molecule has 6 heteroatoms. The van der Waals surface area contributed by atoms with E-state index in [1.165, 1.54) is 18.4 Å². The van der Waals surface area contributed by atoms with Crippen LogP contribution in [-0.2, 0) is 5.41 Å². The number of halogens is 1. The second-order valence-corrected chi connectivity index (χ2v) is 7.76. The highest BCUT2D eigenvalue weighted by molar-refractivity contribution is 14.0. The number of hydrogen-bond acceptors (Lipinski definition) is 3. The molecule has 0 bridgehead atoms. The monoisotopic (exact) mass is 507 g/mol. The Hall–Kier alpha value is -1.96. The second kappa shape index (κ2) is 9.69. The molecule has 1 atom stereocenters. The number of aliphatic imine (C=N–C) groups is 1. The van der Waals surface area contributed by atoms with Crippen molar-refractivity contribution in [2.75, 3.05) is 20.3 Å². The molecular formula is C23H30IN3O2. The van der Waals surface area contributed by atoms with Gasteiger partial charge in [0.1, 0.15) is 11.5 Å². The van der Waals surface area contributed by atoms with E-state index in [1.54, 1.807) is 7.11 Å². The van der Waals surface area contributed by atoms with Crippen LogP contribution in [0.1, 0.15) is 49.3 Å². The molecule has 0 radical (unpaired) electrons. The number of nitrogens with two attached hydrogens (primary N) is 1. The van der Waals surface area contributed by atoms with Crippen molar-refractivity contribution >= 4 is 29.9 Å². The van der Waals surface area contributed by atoms with E-state index in [4.69, 9.17) is 20.2 Å². The highest BCUT2D eigenvalue weighted by atomic mass is 127. The highest BCUT2D eigenvalue weighted by Crippen LogP contribution is 2.45. The van der Waals surface area contributed by atoms with Crippen LogP contribution < -0.4 is 20.5 Å². The molecule has 3 N–H and O–H groups in total. The van der Waals surface area contributed by atoms with Gasteiger partial charge in [-0.05, 0) is 25.0 Å². The van der Waals surface area contributed by atoms with Gasteiger partial charge in [0, 0.05) is 23.0 Å². The van der Waals surface area contributed by atoms with Crippen LogP contribution in [0.3, 0.4) is 0 Å². The summed E-state index contributed by atoms with van der Waals surface area (Å²) in [5, 5.41) is 3.41. The number of benzene rings is 2. The van der Waals surface area contributed by atoms with E-state index in [-0.39, 0.29) is 35.4 Å². The van der Waals surface area contributed by atoms with Crippen LogP contribution in [0.25, 0.3) is 0 Å². The quantitative estimate of drug-likeness (QED) is 0.354. The Kier molecular flexibility index (Phi) is 7.27. The molecule has 0 amide bonds. The normalized spacial score (nSPS) is 20.2. The first-order valence-corrected chi connectivity index (χ1v) is 10.1. The fraction of sp³-hybridized carbons (Fsp3) is 0.435. The van der Waals surface area contributed by atoms with Crippen molar-refractivity contribution in [3.05, 3.63) is 59.7 Å². The first-order valence-electron chi connectivity index (χ1n) is 10.1. The van der Waals surface area contributed by atoms with Crippen molar-refractivity contribution in [2.45, 2.75) is 43.6 Å². The van der Waals surface area contributed by atoms with Crippen LogP contribution in [0.15, 0.2) is 53.5 Å². The summed E-state index contributed by atoms with van der Waals surface area (Å²) in [5.41, 5.74) is 8.72. The minimum Gasteiger partial charge on any atom is -0.496 e. The van der Waals surface area contributed by atoms with Gasteiger partial charge in [-0.3, -0.25) is 4.99 Å². The molecule has 2 aromatic rings. The maximum atomic E-state index is 6.31. The van der Waals surface area contributed by atoms with Gasteiger partial charge in [-0.25, -0.2) is 0 Å². The third kappa shape index (κ3) is 4.63. The number of guanidine groups is 1. The zero-order chi connectivity index (χ0) is 19.4. The van der Waals surface area contributed by atoms with Gasteiger partial charge >= 0.3 is 0 Å². The SMILES string of the molecule is COc1ccccc1C1(CN=C(N)NC2CCOc3ccccc32)CCCC1.I. The van der Waals surface area contributed by atoms with Crippen LogP contribution in [0.2, 0.25) is 0 Å². The molecule has 1 saturated carbocycles. The molecule has 1 unspecified atom stereocenters. The first kappa shape index (κ1) is 21.7. The molecular weight excluding hydrogens is 477 g/mol. The molecule has 1 heterocycles. The van der Waals surface area contributed by atoms with Crippen molar-refractivity contribution in [1.29, 1.82) is 0 Å². The van der Waals surface area contributed by atoms with E-state index in [2.05, 4.69) is 23.5 Å². The number of ether oxygens (including phenoxy) is 2. The number of nitrogens with one attached hydrogen (secondary N) is 1. The van der Waals surface area contributed by atoms with Crippen LogP contribution in [-0.4, -0.2) is 26.2 Å². The zero-order valence-corrected chi connectivity index (χ0v) is 19.2. The smallest absolute Gasteiger partial charge is 0.189 e. The van der Waals surface area contributed by atoms with E-state index in [9.17, 15) is 0 Å². The molecule has 1 fully saturated rings. The fourth-order valence-electron chi connectivity index (χ4n) is 4.60. The Morgan fingerprint density at radius 2 is 1.90 bits per heavy atom. The van der Waals surface area contributed by atoms with Gasteiger partial charge in [-0.15, -0.1) is 24.0 Å². The summed E-state index contributed by atoms with van der Waals surface area (Å²) in [6.07, 6.45) is 5.54. The highest BCUT2D eigenvalue weighted by Gasteiger charge is 2.37. The van der Waals surface area contributed by atoms with Crippen LogP contribution in [0, 0.1) is 0 Å². The topological polar surface area (TPSA) is 68.9 Å². The van der Waals surface area contributed by atoms with Gasteiger partial charge in [-0.1, -0.05) is 49.2 Å². The maximum Gasteiger partial charge on any atom is 0.189 e. The molecule has 0 spiro atoms. The average Bonchev–Trinajstić information content (AvgIpc) is 3.23. The molecule has 156 valence electrons. The molecule has 29 heavy (non-hydrogen) atoms. The number of hydrogen-bond donors (Lipinski definition) is 2. The Labute approximate surface area is 190 Å². The van der Waals surface area contributed by atoms with Crippen molar-refractivity contribution in [1.82, 2.24) is 5.32 Å². The molecule has 2 aliphatic rings. The van der Waals surface area contributed by atoms with E-state index >= 15 is 0 Å². The Morgan fingerprint density at radius 1 is 1.17 bits per heavy atom. The minimum absolute atomic E-state index is 0. The minimum atomic E-state index is 0. The van der Waals surface area contributed by atoms with Gasteiger partial charge in [0.05, 0.1) is 26.3 Å². The molecule has 5 nitrogen and oxygen atoms in total. The van der Waals surface area contributed by atoms with Crippen molar-refractivity contribution in [2.24, 2.45) is 10.7 Å². The van der Waals surface area contributed by atoms with Gasteiger partial charge < -0.3 is 20.5 Å². The van der Waals surface area contributed by atoms with Crippen LogP contribution in [0.4, 0.5) is 0 Å². The maximum absolute atomic E-state index is 6.31. The number of fused-ring (bicyclic) bond motifs is 1. The van der Waals surface area contributed by atoms with Crippen LogP contribution >= 0.6 is 24.0 Å². The summed E-state index contributed by atoms with van der Waals surface area (Å²) in [4.78, 5) is 4.78. The lowest BCUT2D eigenvalue weighted by Gasteiger charge is -2.30. The Bertz CT molecular complexity index is 850. The summed E-state index contributed by atoms with van der Waals surface area (Å²) in [7, 11) is 1.74. The third-order valence-corrected chi connectivity index (χ3v) is 6.07. The summed E-state index contributed by atoms with van der Waals surface area (Å²) >= 11 is 0. The molecule has 4 rings (SSSR count). The van der Waals surface area contributed by atoms with Gasteiger partial charge in [0.25, 0.3) is 0 Å². The Morgan fingerprint density at radius 3 is 2.69 bits per heavy atom. The van der Waals surface area contributed by atoms with Gasteiger partial charge in [0.2, 0.25) is 0 Å². The second-order valence-electron chi connectivity index (χ2n) is 7.76. The zero-order valence-electron chi connectivity index (χ0n) is 16.9. The number of methoxy groups -OCH3 is 1. The molecule has 0 saturated heterocycles. The molecule has 1 aliphatic carbocycles. The number of rotatable bonds is 5. The number of nitrogens with zero attached hydrogens (tertiary/aromatic N) is 1. The van der Waals surface area contributed by atoms with Crippen LogP contribution in [0.5, 0.6) is 11.5 Å². The van der Waals surface area contributed by atoms with E-state index in [1.807, 2.05) is 30.3 Å². The fourth-order valence-corrected chi connectivity index (χ4v) is 4.60. The van der Waals surface area contributed by atoms with Gasteiger partial charge in [0.15, 0.2) is 5.96 Å². The lowest BCUT2D eigenvalue weighted by atomic mass is 9.78. The predicted octanol–water partition coefficient (Wildman–Crippen LogP) is 4.55. The van der Waals surface area contributed by atoms with Crippen molar-refractivity contribution < 1.29 is 9.47 Å². The standard InChI is InChI=1S/C23H29N3O2.HI/c1-27-21-11-5-3-9-18(21)23(13-6-7-14-23)16-25-22(24)26-19-12-15-28-20-10-4-2-8-17(19)20;/h2-5,8-11,19H,6-7,12-16H2,1H3,(H3,24,25,26);1H. The van der Waals surface area contributed by atoms with E-state index in [0.717, 1.165) is 36.3 Å². The summed E-state index contributed by atoms with van der Waals surface area (Å²) in [6, 6.07) is 16.6. The average molecular weight is 507 g/mol. The van der Waals surface area contributed by atoms with Crippen molar-refractivity contribution in [3.8, 4) is 11.5 Å². The van der Waals surface area contributed by atoms with Gasteiger partial charge in [-0.2, -0.15) is 0 Å². The molecule has 2 aromatic carbocycles. The lowest BCUT2D eigenvalue weighted by molar-refractivity contribution is 0.262. The van der Waals surface area contributed by atoms with E-state index in [0.29, 0.717) is 19.1 Å². The largest absolute Gasteiger partial charge is 0.496 e. The van der Waals surface area contributed by atoms with Crippen molar-refractivity contribution in [3.63, 3.8) is 0 Å². The first-order chi connectivity index (χ1) is 13.7. The third-order valence-electron chi connectivity index (χ3n) is 6.07.